The fraction of sp³-hybridized carbons (Fsp3) is 0.379. The smallest absolute Gasteiger partial charge is 0.326 e. The summed E-state index contributed by atoms with van der Waals surface area (Å²) in [6, 6.07) is 11.8. The fourth-order valence-corrected chi connectivity index (χ4v) is 4.39. The summed E-state index contributed by atoms with van der Waals surface area (Å²) in [7, 11) is 0. The molecule has 3 amide bonds. The molecule has 3 aromatic rings. The number of carboxylic acid groups (broad SMARTS) is 1. The van der Waals surface area contributed by atoms with Crippen LogP contribution in [0, 0.1) is 5.92 Å². The third kappa shape index (κ3) is 8.39. The van der Waals surface area contributed by atoms with Gasteiger partial charge in [0.05, 0.1) is 6.61 Å². The zero-order valence-corrected chi connectivity index (χ0v) is 22.6. The monoisotopic (exact) mass is 551 g/mol. The first-order valence-corrected chi connectivity index (χ1v) is 13.2. The second kappa shape index (κ2) is 14.2. The molecule has 1 heterocycles. The Bertz CT molecular complexity index is 1310. The van der Waals surface area contributed by atoms with Gasteiger partial charge >= 0.3 is 5.97 Å². The van der Waals surface area contributed by atoms with E-state index in [0.29, 0.717) is 0 Å². The minimum atomic E-state index is -1.24. The van der Waals surface area contributed by atoms with E-state index >= 15 is 0 Å². The van der Waals surface area contributed by atoms with Crippen molar-refractivity contribution < 1.29 is 29.4 Å². The number of benzene rings is 2. The molecule has 0 bridgehead atoms. The Morgan fingerprint density at radius 2 is 1.40 bits per heavy atom. The second-order valence-corrected chi connectivity index (χ2v) is 10.2. The van der Waals surface area contributed by atoms with Crippen molar-refractivity contribution in [3.8, 4) is 0 Å². The summed E-state index contributed by atoms with van der Waals surface area (Å²) in [5.41, 5.74) is 8.03. The van der Waals surface area contributed by atoms with Crippen LogP contribution in [0.15, 0.2) is 60.8 Å². The lowest BCUT2D eigenvalue weighted by Gasteiger charge is -2.25. The number of aromatic nitrogens is 1. The molecule has 0 spiro atoms. The van der Waals surface area contributed by atoms with Gasteiger partial charge in [-0.15, -0.1) is 0 Å². The molecule has 0 fully saturated rings. The Kier molecular flexibility index (Phi) is 10.8. The van der Waals surface area contributed by atoms with Crippen molar-refractivity contribution in [3.05, 3.63) is 71.9 Å². The van der Waals surface area contributed by atoms with Gasteiger partial charge in [0, 0.05) is 29.9 Å². The minimum Gasteiger partial charge on any atom is -0.480 e. The number of aliphatic hydroxyl groups is 1. The van der Waals surface area contributed by atoms with Crippen molar-refractivity contribution in [2.45, 2.75) is 57.3 Å². The van der Waals surface area contributed by atoms with Crippen molar-refractivity contribution in [3.63, 3.8) is 0 Å². The largest absolute Gasteiger partial charge is 0.480 e. The summed E-state index contributed by atoms with van der Waals surface area (Å²) < 4.78 is 0. The highest BCUT2D eigenvalue weighted by Crippen LogP contribution is 2.19. The zero-order valence-electron chi connectivity index (χ0n) is 22.6. The molecule has 2 aromatic carbocycles. The molecule has 0 aliphatic heterocycles. The Balaban J connectivity index is 1.88. The maximum absolute atomic E-state index is 13.6. The maximum Gasteiger partial charge on any atom is 0.326 e. The number of para-hydroxylation sites is 1. The average Bonchev–Trinajstić information content (AvgIpc) is 3.34. The van der Waals surface area contributed by atoms with Crippen molar-refractivity contribution in [2.24, 2.45) is 11.7 Å². The van der Waals surface area contributed by atoms with E-state index < -0.39 is 54.5 Å². The molecule has 4 unspecified atom stereocenters. The highest BCUT2D eigenvalue weighted by molar-refractivity contribution is 5.95. The number of aliphatic carboxylic acids is 1. The number of hydrogen-bond donors (Lipinski definition) is 7. The van der Waals surface area contributed by atoms with Gasteiger partial charge in [0.1, 0.15) is 24.2 Å². The van der Waals surface area contributed by atoms with E-state index in [1.165, 1.54) is 0 Å². The van der Waals surface area contributed by atoms with Gasteiger partial charge in [-0.25, -0.2) is 4.79 Å². The third-order valence-corrected chi connectivity index (χ3v) is 6.50. The van der Waals surface area contributed by atoms with Crippen molar-refractivity contribution in [2.75, 3.05) is 6.61 Å². The van der Waals surface area contributed by atoms with Crippen LogP contribution in [0.25, 0.3) is 10.9 Å². The number of nitrogens with one attached hydrogen (secondary N) is 4. The number of fused-ring (bicyclic) bond motifs is 1. The summed E-state index contributed by atoms with van der Waals surface area (Å²) >= 11 is 0. The molecular weight excluding hydrogens is 514 g/mol. The number of carboxylic acids is 1. The van der Waals surface area contributed by atoms with Gasteiger partial charge in [-0.1, -0.05) is 62.4 Å². The van der Waals surface area contributed by atoms with Crippen LogP contribution in [0.3, 0.4) is 0 Å². The molecular formula is C29H37N5O6. The van der Waals surface area contributed by atoms with Crippen LogP contribution in [0.2, 0.25) is 0 Å². The summed E-state index contributed by atoms with van der Waals surface area (Å²) in [4.78, 5) is 54.5. The van der Waals surface area contributed by atoms with E-state index in [9.17, 15) is 29.4 Å². The Morgan fingerprint density at radius 3 is 2.02 bits per heavy atom. The highest BCUT2D eigenvalue weighted by Gasteiger charge is 2.31. The topological polar surface area (TPSA) is 187 Å². The van der Waals surface area contributed by atoms with Gasteiger partial charge in [0.2, 0.25) is 17.7 Å². The second-order valence-electron chi connectivity index (χ2n) is 10.2. The normalized spacial score (nSPS) is 14.2. The average molecular weight is 552 g/mol. The van der Waals surface area contributed by atoms with Crippen molar-refractivity contribution in [1.29, 1.82) is 0 Å². The number of carbonyl (C=O) groups excluding carboxylic acids is 3. The zero-order chi connectivity index (χ0) is 29.2. The van der Waals surface area contributed by atoms with Crippen LogP contribution in [0.4, 0.5) is 0 Å². The lowest BCUT2D eigenvalue weighted by Crippen LogP contribution is -2.58. The number of nitrogens with two attached hydrogens (primary N) is 1. The van der Waals surface area contributed by atoms with E-state index in [2.05, 4.69) is 20.9 Å². The number of rotatable bonds is 14. The highest BCUT2D eigenvalue weighted by atomic mass is 16.4. The summed E-state index contributed by atoms with van der Waals surface area (Å²) in [6.45, 7) is 3.08. The predicted octanol–water partition coefficient (Wildman–Crippen LogP) is 0.858. The summed E-state index contributed by atoms with van der Waals surface area (Å²) in [5, 5.41) is 27.7. The Hall–Kier alpha value is -4.22. The van der Waals surface area contributed by atoms with Crippen molar-refractivity contribution in [1.82, 2.24) is 20.9 Å². The van der Waals surface area contributed by atoms with Gasteiger partial charge in [-0.05, 0) is 29.5 Å². The standard InChI is InChI=1S/C29H37N5O6/c1-17(2)12-25(29(39)40)34-27(37)23(13-18-8-4-3-5-9-18)33-28(38)24(32-26(36)21(30)16-35)14-19-15-31-22-11-7-6-10-20(19)22/h3-11,15,17,21,23-25,31,35H,12-14,16,30H2,1-2H3,(H,32,36)(H,33,38)(H,34,37)(H,39,40). The summed E-state index contributed by atoms with van der Waals surface area (Å²) in [5.74, 6) is -3.20. The van der Waals surface area contributed by atoms with E-state index in [1.807, 2.05) is 44.2 Å². The van der Waals surface area contributed by atoms with Crippen LogP contribution >= 0.6 is 0 Å². The van der Waals surface area contributed by atoms with Gasteiger partial charge in [0.25, 0.3) is 0 Å². The molecule has 0 aliphatic carbocycles. The summed E-state index contributed by atoms with van der Waals surface area (Å²) in [6.07, 6.45) is 2.12. The molecule has 1 aromatic heterocycles. The van der Waals surface area contributed by atoms with E-state index in [4.69, 9.17) is 5.73 Å². The fourth-order valence-electron chi connectivity index (χ4n) is 4.39. The van der Waals surface area contributed by atoms with Gasteiger partial charge in [-0.2, -0.15) is 0 Å². The molecule has 8 N–H and O–H groups in total. The van der Waals surface area contributed by atoms with Gasteiger partial charge < -0.3 is 36.9 Å². The molecule has 0 radical (unpaired) electrons. The van der Waals surface area contributed by atoms with Gasteiger partial charge in [0.15, 0.2) is 0 Å². The van der Waals surface area contributed by atoms with Crippen LogP contribution in [0.1, 0.15) is 31.4 Å². The molecule has 11 heteroatoms. The Morgan fingerprint density at radius 1 is 0.825 bits per heavy atom. The maximum atomic E-state index is 13.6. The van der Waals surface area contributed by atoms with Crippen LogP contribution in [-0.4, -0.2) is 69.7 Å². The molecule has 3 rings (SSSR count). The number of aromatic amines is 1. The molecule has 0 aliphatic rings. The molecule has 0 saturated carbocycles. The first kappa shape index (κ1) is 30.3. The molecule has 40 heavy (non-hydrogen) atoms. The van der Waals surface area contributed by atoms with Crippen LogP contribution < -0.4 is 21.7 Å². The number of amides is 3. The van der Waals surface area contributed by atoms with E-state index in [0.717, 1.165) is 22.0 Å². The number of hydrogen-bond acceptors (Lipinski definition) is 6. The minimum absolute atomic E-state index is 0.00932. The number of H-pyrrole nitrogens is 1. The lowest BCUT2D eigenvalue weighted by molar-refractivity contribution is -0.142. The number of aliphatic hydroxyl groups excluding tert-OH is 1. The lowest BCUT2D eigenvalue weighted by atomic mass is 10.0. The third-order valence-electron chi connectivity index (χ3n) is 6.50. The first-order valence-electron chi connectivity index (χ1n) is 13.2. The van der Waals surface area contributed by atoms with Crippen LogP contribution in [-0.2, 0) is 32.0 Å². The van der Waals surface area contributed by atoms with Gasteiger partial charge in [-0.3, -0.25) is 14.4 Å². The molecule has 0 saturated heterocycles. The predicted molar refractivity (Wildman–Crippen MR) is 150 cm³/mol. The van der Waals surface area contributed by atoms with Crippen molar-refractivity contribution >= 4 is 34.6 Å². The van der Waals surface area contributed by atoms with E-state index in [-0.39, 0.29) is 25.2 Å². The molecule has 214 valence electrons. The number of carbonyl (C=O) groups is 4. The first-order chi connectivity index (χ1) is 19.1. The molecule has 4 atom stereocenters. The van der Waals surface area contributed by atoms with Crippen LogP contribution in [0.5, 0.6) is 0 Å². The quantitative estimate of drug-likeness (QED) is 0.155. The van der Waals surface area contributed by atoms with E-state index in [1.54, 1.807) is 30.5 Å². The Labute approximate surface area is 232 Å². The molecule has 11 nitrogen and oxygen atoms in total. The SMILES string of the molecule is CC(C)CC(NC(=O)C(Cc1ccccc1)NC(=O)C(Cc1c[nH]c2ccccc12)NC(=O)C(N)CO)C(=O)O.